The Balaban J connectivity index is 2.05. The number of hydrogen-bond acceptors (Lipinski definition) is 3. The van der Waals surface area contributed by atoms with E-state index in [9.17, 15) is 18.0 Å². The summed E-state index contributed by atoms with van der Waals surface area (Å²) in [6.07, 6.45) is 2.64. The molecule has 0 spiro atoms. The zero-order valence-electron chi connectivity index (χ0n) is 11.0. The average Bonchev–Trinajstić information content (AvgIpc) is 2.44. The average molecular weight is 288 g/mol. The van der Waals surface area contributed by atoms with Gasteiger partial charge in [0.1, 0.15) is 6.10 Å². The van der Waals surface area contributed by atoms with Crippen molar-refractivity contribution in [2.75, 3.05) is 7.11 Å². The third kappa shape index (κ3) is 3.30. The number of benzene rings is 1. The molecule has 0 N–H and O–H groups in total. The maximum Gasteiger partial charge on any atom is 0.338 e. The first kappa shape index (κ1) is 14.8. The van der Waals surface area contributed by atoms with Crippen molar-refractivity contribution in [2.45, 2.75) is 37.9 Å². The molecule has 0 amide bonds. The molecular weight excluding hydrogens is 273 g/mol. The van der Waals surface area contributed by atoms with E-state index in [0.29, 0.717) is 25.0 Å². The van der Waals surface area contributed by atoms with Gasteiger partial charge in [-0.1, -0.05) is 0 Å². The SMILES string of the molecule is COC1CCCC(OC(=O)c2cc(F)c(F)c(F)c2)C1. The second-order valence-corrected chi connectivity index (χ2v) is 4.81. The molecule has 1 aromatic carbocycles. The fourth-order valence-electron chi connectivity index (χ4n) is 2.32. The fourth-order valence-corrected chi connectivity index (χ4v) is 2.32. The molecule has 2 rings (SSSR count). The Morgan fingerprint density at radius 3 is 2.35 bits per heavy atom. The third-order valence-corrected chi connectivity index (χ3v) is 3.40. The van der Waals surface area contributed by atoms with E-state index in [0.717, 1.165) is 12.8 Å². The summed E-state index contributed by atoms with van der Waals surface area (Å²) >= 11 is 0. The van der Waals surface area contributed by atoms with E-state index in [1.165, 1.54) is 0 Å². The molecule has 0 aromatic heterocycles. The number of rotatable bonds is 3. The van der Waals surface area contributed by atoms with E-state index in [4.69, 9.17) is 9.47 Å². The van der Waals surface area contributed by atoms with E-state index in [2.05, 4.69) is 0 Å². The summed E-state index contributed by atoms with van der Waals surface area (Å²) in [6, 6.07) is 1.27. The number of halogens is 3. The Morgan fingerprint density at radius 2 is 1.75 bits per heavy atom. The Bertz CT molecular complexity index is 481. The van der Waals surface area contributed by atoms with Crippen molar-refractivity contribution in [1.29, 1.82) is 0 Å². The van der Waals surface area contributed by atoms with E-state index >= 15 is 0 Å². The minimum Gasteiger partial charge on any atom is -0.459 e. The summed E-state index contributed by atoms with van der Waals surface area (Å²) in [7, 11) is 1.58. The highest BCUT2D eigenvalue weighted by molar-refractivity contribution is 5.89. The van der Waals surface area contributed by atoms with Crippen LogP contribution < -0.4 is 0 Å². The molecule has 1 aliphatic carbocycles. The summed E-state index contributed by atoms with van der Waals surface area (Å²) < 4.78 is 49.3. The quantitative estimate of drug-likeness (QED) is 0.633. The van der Waals surface area contributed by atoms with Crippen molar-refractivity contribution >= 4 is 5.97 Å². The van der Waals surface area contributed by atoms with Gasteiger partial charge in [0.25, 0.3) is 0 Å². The molecule has 0 radical (unpaired) electrons. The normalized spacial score (nSPS) is 22.6. The summed E-state index contributed by atoms with van der Waals surface area (Å²) in [5.41, 5.74) is -0.332. The van der Waals surface area contributed by atoms with Crippen LogP contribution in [0.25, 0.3) is 0 Å². The highest BCUT2D eigenvalue weighted by Gasteiger charge is 2.26. The molecule has 1 aromatic rings. The molecule has 1 aliphatic rings. The number of hydrogen-bond donors (Lipinski definition) is 0. The molecule has 110 valence electrons. The predicted molar refractivity (Wildman–Crippen MR) is 64.8 cm³/mol. The van der Waals surface area contributed by atoms with Crippen LogP contribution in [0.1, 0.15) is 36.0 Å². The molecular formula is C14H15F3O3. The van der Waals surface area contributed by atoms with Crippen LogP contribution in [-0.2, 0) is 9.47 Å². The Hall–Kier alpha value is -1.56. The Labute approximate surface area is 114 Å². The zero-order valence-corrected chi connectivity index (χ0v) is 11.0. The lowest BCUT2D eigenvalue weighted by molar-refractivity contribution is -0.0150. The number of ether oxygens (including phenoxy) is 2. The van der Waals surface area contributed by atoms with Gasteiger partial charge in [-0.3, -0.25) is 0 Å². The topological polar surface area (TPSA) is 35.5 Å². The molecule has 20 heavy (non-hydrogen) atoms. The van der Waals surface area contributed by atoms with Crippen LogP contribution in [0.4, 0.5) is 13.2 Å². The highest BCUT2D eigenvalue weighted by Crippen LogP contribution is 2.24. The van der Waals surface area contributed by atoms with Gasteiger partial charge < -0.3 is 9.47 Å². The summed E-state index contributed by atoms with van der Waals surface area (Å²) in [6.45, 7) is 0. The van der Waals surface area contributed by atoms with Crippen LogP contribution in [0.15, 0.2) is 12.1 Å². The number of esters is 1. The van der Waals surface area contributed by atoms with Gasteiger partial charge in [-0.05, 0) is 31.4 Å². The second kappa shape index (κ2) is 6.26. The van der Waals surface area contributed by atoms with Crippen molar-refractivity contribution in [3.63, 3.8) is 0 Å². The first-order valence-electron chi connectivity index (χ1n) is 6.39. The van der Waals surface area contributed by atoms with Gasteiger partial charge in [-0.2, -0.15) is 0 Å². The van der Waals surface area contributed by atoms with Crippen LogP contribution >= 0.6 is 0 Å². The first-order valence-corrected chi connectivity index (χ1v) is 6.39. The van der Waals surface area contributed by atoms with Gasteiger partial charge in [0, 0.05) is 13.5 Å². The fraction of sp³-hybridized carbons (Fsp3) is 0.500. The summed E-state index contributed by atoms with van der Waals surface area (Å²) in [4.78, 5) is 11.8. The van der Waals surface area contributed by atoms with E-state index in [1.807, 2.05) is 0 Å². The molecule has 0 aliphatic heterocycles. The van der Waals surface area contributed by atoms with Crippen molar-refractivity contribution in [3.05, 3.63) is 35.1 Å². The van der Waals surface area contributed by atoms with Gasteiger partial charge in [0.15, 0.2) is 17.5 Å². The van der Waals surface area contributed by atoms with Gasteiger partial charge in [-0.25, -0.2) is 18.0 Å². The predicted octanol–water partition coefficient (Wildman–Crippen LogP) is 3.22. The number of carbonyl (C=O) groups excluding carboxylic acids is 1. The Kier molecular flexibility index (Phi) is 4.65. The largest absolute Gasteiger partial charge is 0.459 e. The zero-order chi connectivity index (χ0) is 14.7. The van der Waals surface area contributed by atoms with Crippen LogP contribution in [0.5, 0.6) is 0 Å². The molecule has 6 heteroatoms. The van der Waals surface area contributed by atoms with Gasteiger partial charge in [-0.15, -0.1) is 0 Å². The monoisotopic (exact) mass is 288 g/mol. The van der Waals surface area contributed by atoms with Gasteiger partial charge in [0.05, 0.1) is 11.7 Å². The number of methoxy groups -OCH3 is 1. The lowest BCUT2D eigenvalue weighted by atomic mass is 9.95. The lowest BCUT2D eigenvalue weighted by Crippen LogP contribution is -2.29. The van der Waals surface area contributed by atoms with Crippen molar-refractivity contribution in [3.8, 4) is 0 Å². The molecule has 3 nitrogen and oxygen atoms in total. The second-order valence-electron chi connectivity index (χ2n) is 4.81. The Morgan fingerprint density at radius 1 is 1.15 bits per heavy atom. The minimum absolute atomic E-state index is 0.0169. The maximum absolute atomic E-state index is 13.1. The van der Waals surface area contributed by atoms with E-state index in [1.54, 1.807) is 7.11 Å². The molecule has 1 saturated carbocycles. The van der Waals surface area contributed by atoms with Crippen molar-refractivity contribution in [1.82, 2.24) is 0 Å². The number of carbonyl (C=O) groups is 1. The smallest absolute Gasteiger partial charge is 0.338 e. The molecule has 2 atom stereocenters. The van der Waals surface area contributed by atoms with E-state index < -0.39 is 23.4 Å². The van der Waals surface area contributed by atoms with E-state index in [-0.39, 0.29) is 17.8 Å². The molecule has 2 unspecified atom stereocenters. The molecule has 0 bridgehead atoms. The third-order valence-electron chi connectivity index (χ3n) is 3.40. The summed E-state index contributed by atoms with van der Waals surface area (Å²) in [5, 5.41) is 0. The summed E-state index contributed by atoms with van der Waals surface area (Å²) in [5.74, 6) is -5.27. The van der Waals surface area contributed by atoms with Crippen LogP contribution in [0.3, 0.4) is 0 Å². The van der Waals surface area contributed by atoms with Crippen LogP contribution in [0, 0.1) is 17.5 Å². The highest BCUT2D eigenvalue weighted by atomic mass is 19.2. The van der Waals surface area contributed by atoms with Crippen molar-refractivity contribution < 1.29 is 27.4 Å². The molecule has 0 saturated heterocycles. The van der Waals surface area contributed by atoms with Crippen LogP contribution in [0.2, 0.25) is 0 Å². The van der Waals surface area contributed by atoms with Crippen molar-refractivity contribution in [2.24, 2.45) is 0 Å². The van der Waals surface area contributed by atoms with Gasteiger partial charge in [0.2, 0.25) is 0 Å². The first-order chi connectivity index (χ1) is 9.51. The lowest BCUT2D eigenvalue weighted by Gasteiger charge is -2.27. The van der Waals surface area contributed by atoms with Gasteiger partial charge >= 0.3 is 5.97 Å². The minimum atomic E-state index is -1.60. The molecule has 1 fully saturated rings. The molecule has 0 heterocycles. The maximum atomic E-state index is 13.1. The van der Waals surface area contributed by atoms with Crippen LogP contribution in [-0.4, -0.2) is 25.3 Å². The standard InChI is InChI=1S/C14H15F3O3/c1-19-9-3-2-4-10(7-9)20-14(18)8-5-11(15)13(17)12(16)6-8/h5-6,9-10H,2-4,7H2,1H3.